The number of hydrogen-bond donors (Lipinski definition) is 1. The number of hydrogen-bond acceptors (Lipinski definition) is 2. The zero-order chi connectivity index (χ0) is 15.4. The Hall–Kier alpha value is -1.35. The van der Waals surface area contributed by atoms with Gasteiger partial charge in [0.25, 0.3) is 0 Å². The smallest absolute Gasteiger partial charge is 0.121 e. The first kappa shape index (κ1) is 4.66. The molecule has 0 amide bonds. The van der Waals surface area contributed by atoms with E-state index in [1.165, 1.54) is 0 Å². The lowest BCUT2D eigenvalue weighted by atomic mass is 10.3. The van der Waals surface area contributed by atoms with Gasteiger partial charge < -0.3 is 4.98 Å². The predicted octanol–water partition coefficient (Wildman–Crippen LogP) is 2.16. The van der Waals surface area contributed by atoms with Crippen LogP contribution in [0.3, 0.4) is 0 Å². The molecule has 3 rings (SSSR count). The van der Waals surface area contributed by atoms with Gasteiger partial charge in [-0.3, -0.25) is 4.90 Å². The Labute approximate surface area is 97.6 Å². The average Bonchev–Trinajstić information content (AvgIpc) is 3.11. The monoisotopic (exact) mass is 207 g/mol. The number of nitrogens with one attached hydrogen (secondary N) is 1. The van der Waals surface area contributed by atoms with Crippen LogP contribution in [0.2, 0.25) is 0 Å². The number of H-pyrrole nitrogens is 1. The fourth-order valence-electron chi connectivity index (χ4n) is 1.77. The van der Waals surface area contributed by atoms with Crippen LogP contribution in [-0.2, 0) is 6.50 Å². The molecule has 0 atom stereocenters. The number of para-hydroxylation sites is 2. The Morgan fingerprint density at radius 1 is 1.40 bits per heavy atom. The van der Waals surface area contributed by atoms with Crippen molar-refractivity contribution in [1.82, 2.24) is 14.9 Å². The van der Waals surface area contributed by atoms with E-state index < -0.39 is 6.50 Å². The number of aromatic amines is 1. The number of imidazole rings is 1. The van der Waals surface area contributed by atoms with Crippen LogP contribution < -0.4 is 0 Å². The molecule has 0 bridgehead atoms. The van der Waals surface area contributed by atoms with Crippen LogP contribution in [0.4, 0.5) is 0 Å². The Balaban J connectivity index is 2.17. The minimum Gasteiger partial charge on any atom is -0.341 e. The van der Waals surface area contributed by atoms with Crippen LogP contribution in [-0.4, -0.2) is 28.0 Å². The van der Waals surface area contributed by atoms with E-state index in [0.29, 0.717) is 13.1 Å². The van der Waals surface area contributed by atoms with E-state index in [2.05, 4.69) is 9.97 Å². The molecule has 0 saturated carbocycles. The molecular formula is C12H15N3. The molecule has 1 saturated heterocycles. The first-order valence-electron chi connectivity index (χ1n) is 8.05. The molecule has 3 nitrogen and oxygen atoms in total. The molecule has 2 heterocycles. The molecule has 1 aliphatic rings. The normalized spacial score (nSPS) is 24.3. The second-order valence-electron chi connectivity index (χ2n) is 3.61. The summed E-state index contributed by atoms with van der Waals surface area (Å²) in [5.41, 5.74) is 0.234. The van der Waals surface area contributed by atoms with E-state index in [1.807, 2.05) is 0 Å². The SMILES string of the molecule is [2H]c1c([2H])c([2H])c2[nH]c(C([2H])([2H])N3CCCC3)nc2c1[2H]. The van der Waals surface area contributed by atoms with Crippen LogP contribution in [0.25, 0.3) is 11.0 Å². The van der Waals surface area contributed by atoms with Crippen LogP contribution >= 0.6 is 0 Å². The third-order valence-electron chi connectivity index (χ3n) is 2.50. The third kappa shape index (κ3) is 1.75. The van der Waals surface area contributed by atoms with E-state index in [0.717, 1.165) is 12.8 Å². The van der Waals surface area contributed by atoms with Gasteiger partial charge in [-0.25, -0.2) is 4.98 Å². The largest absolute Gasteiger partial charge is 0.341 e. The summed E-state index contributed by atoms with van der Waals surface area (Å²) in [4.78, 5) is 8.53. The minimum absolute atomic E-state index is 0.0337. The first-order chi connectivity index (χ1) is 9.84. The van der Waals surface area contributed by atoms with Gasteiger partial charge in [-0.2, -0.15) is 0 Å². The Kier molecular flexibility index (Phi) is 1.14. The molecule has 78 valence electrons. The number of benzene rings is 1. The topological polar surface area (TPSA) is 31.9 Å². The molecule has 0 aliphatic carbocycles. The summed E-state index contributed by atoms with van der Waals surface area (Å²) in [5, 5.41) is 0. The van der Waals surface area contributed by atoms with Crippen molar-refractivity contribution in [1.29, 1.82) is 0 Å². The predicted molar refractivity (Wildman–Crippen MR) is 60.6 cm³/mol. The van der Waals surface area contributed by atoms with Gasteiger partial charge in [0.1, 0.15) is 5.82 Å². The van der Waals surface area contributed by atoms with E-state index in [9.17, 15) is 0 Å². The molecule has 15 heavy (non-hydrogen) atoms. The van der Waals surface area contributed by atoms with Crippen molar-refractivity contribution in [2.45, 2.75) is 19.3 Å². The lowest BCUT2D eigenvalue weighted by molar-refractivity contribution is 0.324. The lowest BCUT2D eigenvalue weighted by Crippen LogP contribution is -2.19. The van der Waals surface area contributed by atoms with E-state index in [1.54, 1.807) is 4.90 Å². The lowest BCUT2D eigenvalue weighted by Gasteiger charge is -2.11. The van der Waals surface area contributed by atoms with Crippen molar-refractivity contribution in [2.24, 2.45) is 0 Å². The molecule has 0 spiro atoms. The average molecular weight is 207 g/mol. The molecule has 1 aliphatic heterocycles. The second kappa shape index (κ2) is 3.66. The van der Waals surface area contributed by atoms with E-state index in [-0.39, 0.29) is 41.0 Å². The summed E-state index contributed by atoms with van der Waals surface area (Å²) in [6.07, 6.45) is 1.86. The number of nitrogens with zero attached hydrogens (tertiary/aromatic N) is 2. The summed E-state index contributed by atoms with van der Waals surface area (Å²) < 4.78 is 47.5. The van der Waals surface area contributed by atoms with E-state index >= 15 is 0 Å². The summed E-state index contributed by atoms with van der Waals surface area (Å²) in [6, 6.07) is -1.16. The van der Waals surface area contributed by atoms with Crippen molar-refractivity contribution in [3.8, 4) is 0 Å². The number of rotatable bonds is 2. The van der Waals surface area contributed by atoms with Gasteiger partial charge in [0.05, 0.1) is 25.8 Å². The summed E-state index contributed by atoms with van der Waals surface area (Å²) in [7, 11) is 0. The highest BCUT2D eigenvalue weighted by Crippen LogP contribution is 2.14. The maximum Gasteiger partial charge on any atom is 0.121 e. The van der Waals surface area contributed by atoms with Gasteiger partial charge in [0.15, 0.2) is 0 Å². The summed E-state index contributed by atoms with van der Waals surface area (Å²) in [6.45, 7) is -0.531. The summed E-state index contributed by atoms with van der Waals surface area (Å²) >= 11 is 0. The number of fused-ring (bicyclic) bond motifs is 1. The van der Waals surface area contributed by atoms with Gasteiger partial charge in [-0.05, 0) is 38.0 Å². The number of likely N-dealkylation sites (tertiary alicyclic amines) is 1. The Bertz CT molecular complexity index is 660. The van der Waals surface area contributed by atoms with Crippen molar-refractivity contribution < 1.29 is 8.22 Å². The fraction of sp³-hybridized carbons (Fsp3) is 0.417. The highest BCUT2D eigenvalue weighted by Gasteiger charge is 2.13. The first-order valence-corrected chi connectivity index (χ1v) is 5.05. The zero-order valence-electron chi connectivity index (χ0n) is 14.2. The quantitative estimate of drug-likeness (QED) is 0.818. The molecule has 3 heteroatoms. The van der Waals surface area contributed by atoms with Crippen molar-refractivity contribution in [3.05, 3.63) is 30.0 Å². The maximum absolute atomic E-state index is 8.23. The van der Waals surface area contributed by atoms with Gasteiger partial charge in [0, 0.05) is 0 Å². The van der Waals surface area contributed by atoms with Crippen LogP contribution in [0, 0.1) is 0 Å². The number of aromatic nitrogens is 2. The molecule has 0 radical (unpaired) electrons. The molecule has 1 aromatic heterocycles. The fourth-order valence-corrected chi connectivity index (χ4v) is 1.77. The molecule has 0 unspecified atom stereocenters. The van der Waals surface area contributed by atoms with Gasteiger partial charge >= 0.3 is 0 Å². The van der Waals surface area contributed by atoms with Crippen LogP contribution in [0.15, 0.2) is 24.2 Å². The molecule has 1 fully saturated rings. The minimum atomic E-state index is -1.81. The Morgan fingerprint density at radius 2 is 2.20 bits per heavy atom. The molecule has 1 N–H and O–H groups in total. The molecular weight excluding hydrogens is 186 g/mol. The van der Waals surface area contributed by atoms with Gasteiger partial charge in [-0.1, -0.05) is 12.1 Å². The summed E-state index contributed by atoms with van der Waals surface area (Å²) in [5.74, 6) is 0.0337. The van der Waals surface area contributed by atoms with E-state index in [4.69, 9.17) is 8.22 Å². The highest BCUT2D eigenvalue weighted by molar-refractivity contribution is 5.74. The third-order valence-corrected chi connectivity index (χ3v) is 2.50. The standard InChI is InChI=1S/C12H15N3/c1-2-6-11-10(5-1)13-12(14-11)9-15-7-3-4-8-15/h1-2,5-6H,3-4,7-9H2,(H,13,14)/i1D,2D,5D,6D,9D2. The highest BCUT2D eigenvalue weighted by atomic mass is 15.2. The molecule has 1 aromatic carbocycles. The van der Waals surface area contributed by atoms with Gasteiger partial charge in [-0.15, -0.1) is 0 Å². The van der Waals surface area contributed by atoms with Crippen LogP contribution in [0.5, 0.6) is 0 Å². The van der Waals surface area contributed by atoms with Crippen molar-refractivity contribution >= 4 is 11.0 Å². The zero-order valence-corrected chi connectivity index (χ0v) is 8.22. The Morgan fingerprint density at radius 3 is 3.07 bits per heavy atom. The van der Waals surface area contributed by atoms with Crippen molar-refractivity contribution in [2.75, 3.05) is 13.1 Å². The molecule has 2 aromatic rings. The second-order valence-corrected chi connectivity index (χ2v) is 3.61. The van der Waals surface area contributed by atoms with Crippen LogP contribution in [0.1, 0.15) is 26.9 Å². The maximum atomic E-state index is 8.23. The van der Waals surface area contributed by atoms with Gasteiger partial charge in [0.2, 0.25) is 0 Å². The van der Waals surface area contributed by atoms with Crippen molar-refractivity contribution in [3.63, 3.8) is 0 Å².